The fourth-order valence-corrected chi connectivity index (χ4v) is 2.34. The number of oxime groups is 1. The molecule has 0 spiro atoms. The molecule has 27 heavy (non-hydrogen) atoms. The molecule has 0 saturated carbocycles. The molecule has 1 atom stereocenters. The molecule has 0 unspecified atom stereocenters. The number of hydrogen-bond donors (Lipinski definition) is 1. The highest BCUT2D eigenvalue weighted by atomic mass is 32.1. The lowest BCUT2D eigenvalue weighted by atomic mass is 10.2. The number of nitro groups is 1. The zero-order chi connectivity index (χ0) is 20.4. The molecular weight excluding hydrogens is 376 g/mol. The average molecular weight is 398 g/mol. The van der Waals surface area contributed by atoms with E-state index in [-0.39, 0.29) is 17.5 Å². The Hall–Kier alpha value is -2.82. The highest BCUT2D eigenvalue weighted by Gasteiger charge is 2.32. The van der Waals surface area contributed by atoms with Crippen molar-refractivity contribution in [3.05, 3.63) is 39.9 Å². The highest BCUT2D eigenvalue weighted by Crippen LogP contribution is 2.19. The topological polar surface area (TPSA) is 115 Å². The fraction of sp³-hybridized carbons (Fsp3) is 0.438. The summed E-state index contributed by atoms with van der Waals surface area (Å²) in [6, 6.07) is 5.81. The van der Waals surface area contributed by atoms with Gasteiger partial charge in [-0.05, 0) is 17.7 Å². The Morgan fingerprint density at radius 3 is 2.52 bits per heavy atom. The molecule has 1 heterocycles. The maximum atomic E-state index is 12.0. The second-order valence-electron chi connectivity index (χ2n) is 5.71. The third-order valence-corrected chi connectivity index (χ3v) is 3.61. The minimum atomic E-state index is -0.550. The van der Waals surface area contributed by atoms with Crippen LogP contribution in [0.1, 0.15) is 12.0 Å². The number of carbonyl (C=O) groups is 2. The van der Waals surface area contributed by atoms with Gasteiger partial charge in [-0.3, -0.25) is 19.8 Å². The molecule has 1 aromatic carbocycles. The van der Waals surface area contributed by atoms with Gasteiger partial charge in [0, 0.05) is 44.4 Å². The minimum absolute atomic E-state index is 0.0120. The second-order valence-corrected chi connectivity index (χ2v) is 6.44. The van der Waals surface area contributed by atoms with Gasteiger partial charge >= 0.3 is 6.09 Å². The number of likely N-dealkylation sites (tertiary alicyclic amines) is 1. The predicted octanol–water partition coefficient (Wildman–Crippen LogP) is 1.90. The van der Waals surface area contributed by atoms with E-state index < -0.39 is 11.0 Å². The molecule has 1 saturated heterocycles. The van der Waals surface area contributed by atoms with Crippen molar-refractivity contribution in [2.45, 2.75) is 18.3 Å². The number of nitro benzene ring substituents is 1. The summed E-state index contributed by atoms with van der Waals surface area (Å²) in [5, 5.41) is 14.3. The molecule has 10 nitrogen and oxygen atoms in total. The van der Waals surface area contributed by atoms with E-state index in [1.165, 1.54) is 29.0 Å². The van der Waals surface area contributed by atoms with E-state index in [4.69, 9.17) is 9.57 Å². The zero-order valence-corrected chi connectivity index (χ0v) is 16.2. The first kappa shape index (κ1) is 22.2. The standard InChI is InChI=1S/C13H15N3O5S.C3H7NO/c1-20-14-12-6-11(22)7-15(12)13(17)21-8-9-2-4-10(5-3-9)16(18)19;1-4(2)3-5/h2-5,11,22H,6-8H2,1H3;3H,1-2H3/t11-;/m0./s1. The summed E-state index contributed by atoms with van der Waals surface area (Å²) in [5.74, 6) is 0.469. The summed E-state index contributed by atoms with van der Waals surface area (Å²) in [7, 11) is 4.78. The van der Waals surface area contributed by atoms with Gasteiger partial charge in [0.15, 0.2) is 5.84 Å². The number of ether oxygens (including phenoxy) is 1. The monoisotopic (exact) mass is 398 g/mol. The van der Waals surface area contributed by atoms with E-state index in [2.05, 4.69) is 17.8 Å². The molecule has 1 fully saturated rings. The van der Waals surface area contributed by atoms with Gasteiger partial charge in [0.25, 0.3) is 5.69 Å². The number of nitrogens with zero attached hydrogens (tertiary/aromatic N) is 4. The van der Waals surface area contributed by atoms with Gasteiger partial charge in [-0.1, -0.05) is 5.16 Å². The Morgan fingerprint density at radius 1 is 1.44 bits per heavy atom. The van der Waals surface area contributed by atoms with Crippen molar-refractivity contribution in [1.82, 2.24) is 9.80 Å². The van der Waals surface area contributed by atoms with Crippen molar-refractivity contribution in [2.75, 3.05) is 27.7 Å². The number of thiol groups is 1. The molecule has 0 bridgehead atoms. The summed E-state index contributed by atoms with van der Waals surface area (Å²) in [6.07, 6.45) is 0.717. The molecule has 2 amide bonds. The van der Waals surface area contributed by atoms with Gasteiger partial charge in [-0.2, -0.15) is 12.6 Å². The van der Waals surface area contributed by atoms with Crippen LogP contribution < -0.4 is 0 Å². The molecule has 0 aliphatic carbocycles. The Kier molecular flexibility index (Phi) is 9.06. The summed E-state index contributed by atoms with van der Waals surface area (Å²) < 4.78 is 5.18. The van der Waals surface area contributed by atoms with Crippen molar-refractivity contribution in [1.29, 1.82) is 0 Å². The van der Waals surface area contributed by atoms with Gasteiger partial charge in [0.05, 0.1) is 4.92 Å². The Bertz CT molecular complexity index is 680. The lowest BCUT2D eigenvalue weighted by Gasteiger charge is -2.16. The van der Waals surface area contributed by atoms with Crippen molar-refractivity contribution in [3.63, 3.8) is 0 Å². The van der Waals surface area contributed by atoms with Gasteiger partial charge in [-0.15, -0.1) is 0 Å². The molecular formula is C16H22N4O6S. The number of carbonyl (C=O) groups excluding carboxylic acids is 2. The molecule has 0 N–H and O–H groups in total. The number of rotatable bonds is 5. The molecule has 148 valence electrons. The molecule has 11 heteroatoms. The first-order valence-corrected chi connectivity index (χ1v) is 8.37. The van der Waals surface area contributed by atoms with Crippen LogP contribution in [-0.4, -0.2) is 66.1 Å². The quantitative estimate of drug-likeness (QED) is 0.351. The predicted molar refractivity (Wildman–Crippen MR) is 102 cm³/mol. The highest BCUT2D eigenvalue weighted by molar-refractivity contribution is 7.81. The van der Waals surface area contributed by atoms with Gasteiger partial charge in [-0.25, -0.2) is 4.79 Å². The van der Waals surface area contributed by atoms with E-state index in [9.17, 15) is 19.7 Å². The van der Waals surface area contributed by atoms with Crippen LogP contribution in [0.15, 0.2) is 29.4 Å². The van der Waals surface area contributed by atoms with Crippen molar-refractivity contribution >= 4 is 36.7 Å². The Labute approximate surface area is 162 Å². The maximum Gasteiger partial charge on any atom is 0.415 e. The number of amidine groups is 1. The number of hydrogen-bond acceptors (Lipinski definition) is 8. The van der Waals surface area contributed by atoms with E-state index in [1.54, 1.807) is 26.2 Å². The number of non-ortho nitro benzene ring substituents is 1. The van der Waals surface area contributed by atoms with Crippen molar-refractivity contribution in [2.24, 2.45) is 5.16 Å². The first-order valence-electron chi connectivity index (χ1n) is 7.86. The van der Waals surface area contributed by atoms with E-state index in [1.807, 2.05) is 0 Å². The smallest absolute Gasteiger partial charge is 0.415 e. The minimum Gasteiger partial charge on any atom is -0.444 e. The molecule has 0 aromatic heterocycles. The molecule has 1 aromatic rings. The Morgan fingerprint density at radius 2 is 2.04 bits per heavy atom. The van der Waals surface area contributed by atoms with Crippen LogP contribution in [-0.2, 0) is 21.0 Å². The summed E-state index contributed by atoms with van der Waals surface area (Å²) in [4.78, 5) is 39.1. The fourth-order valence-electron chi connectivity index (χ4n) is 2.01. The number of amides is 2. The van der Waals surface area contributed by atoms with Crippen LogP contribution in [0.4, 0.5) is 10.5 Å². The van der Waals surface area contributed by atoms with Crippen LogP contribution in [0.25, 0.3) is 0 Å². The van der Waals surface area contributed by atoms with Gasteiger partial charge in [0.2, 0.25) is 6.41 Å². The molecule has 2 rings (SSSR count). The van der Waals surface area contributed by atoms with E-state index in [0.29, 0.717) is 24.4 Å². The number of benzene rings is 1. The molecule has 1 aliphatic heterocycles. The van der Waals surface area contributed by atoms with Crippen LogP contribution in [0, 0.1) is 10.1 Å². The summed E-state index contributed by atoms with van der Waals surface area (Å²) in [6.45, 7) is 0.412. The van der Waals surface area contributed by atoms with E-state index in [0.717, 1.165) is 6.41 Å². The summed E-state index contributed by atoms with van der Waals surface area (Å²) >= 11 is 4.32. The largest absolute Gasteiger partial charge is 0.444 e. The van der Waals surface area contributed by atoms with Crippen molar-refractivity contribution in [3.8, 4) is 0 Å². The van der Waals surface area contributed by atoms with Crippen LogP contribution in [0.5, 0.6) is 0 Å². The average Bonchev–Trinajstić information content (AvgIpc) is 3.01. The molecule has 1 aliphatic rings. The van der Waals surface area contributed by atoms with E-state index >= 15 is 0 Å². The van der Waals surface area contributed by atoms with Crippen molar-refractivity contribution < 1.29 is 24.1 Å². The maximum absolute atomic E-state index is 12.0. The lowest BCUT2D eigenvalue weighted by Crippen LogP contribution is -2.33. The van der Waals surface area contributed by atoms with Crippen LogP contribution in [0.2, 0.25) is 0 Å². The van der Waals surface area contributed by atoms with Crippen LogP contribution in [0.3, 0.4) is 0 Å². The van der Waals surface area contributed by atoms with Crippen LogP contribution >= 0.6 is 12.6 Å². The first-order chi connectivity index (χ1) is 12.8. The summed E-state index contributed by atoms with van der Waals surface area (Å²) in [5.41, 5.74) is 0.646. The second kappa shape index (κ2) is 11.0. The third-order valence-electron chi connectivity index (χ3n) is 3.26. The lowest BCUT2D eigenvalue weighted by molar-refractivity contribution is -0.384. The normalized spacial score (nSPS) is 17.0. The Balaban J connectivity index is 0.000000646. The zero-order valence-electron chi connectivity index (χ0n) is 15.3. The SMILES string of the molecule is CN(C)C=O.CON=C1C[C@H](S)CN1C(=O)OCc1ccc([N+](=O)[O-])cc1. The third kappa shape index (κ3) is 7.52. The molecule has 0 radical (unpaired) electrons. The van der Waals surface area contributed by atoms with Gasteiger partial charge < -0.3 is 14.5 Å². The van der Waals surface area contributed by atoms with Gasteiger partial charge in [0.1, 0.15) is 13.7 Å².